The summed E-state index contributed by atoms with van der Waals surface area (Å²) in [6, 6.07) is 68.0. The van der Waals surface area contributed by atoms with Gasteiger partial charge in [-0.2, -0.15) is 0 Å². The SMILES string of the molecule is C1=C(c2cccnc2)CCC=C1c1cc(-c2cc3ccccc3c3ccccc23)nc(-c2cccc(-c3c4ccccc4c(-c4ccc5ccccc5c4)c4ccccc34)c2)n1. The van der Waals surface area contributed by atoms with Crippen molar-refractivity contribution in [1.82, 2.24) is 15.0 Å². The first-order valence-electron chi connectivity index (χ1n) is 21.4. The van der Waals surface area contributed by atoms with E-state index in [1.165, 1.54) is 76.1 Å². The predicted octanol–water partition coefficient (Wildman–Crippen LogP) is 15.6. The summed E-state index contributed by atoms with van der Waals surface area (Å²) in [5, 5.41) is 12.2. The summed E-state index contributed by atoms with van der Waals surface area (Å²) in [5.74, 6) is 0.695. The molecule has 0 bridgehead atoms. The number of allylic oxidation sites excluding steroid dienone is 4. The van der Waals surface area contributed by atoms with Gasteiger partial charge < -0.3 is 0 Å². The number of rotatable bonds is 6. The van der Waals surface area contributed by atoms with Crippen LogP contribution in [0.5, 0.6) is 0 Å². The van der Waals surface area contributed by atoms with E-state index in [9.17, 15) is 0 Å². The van der Waals surface area contributed by atoms with Gasteiger partial charge in [-0.15, -0.1) is 0 Å². The second-order valence-corrected chi connectivity index (χ2v) is 16.2. The second kappa shape index (κ2) is 14.9. The molecule has 2 aromatic heterocycles. The fourth-order valence-electron chi connectivity index (χ4n) is 9.70. The van der Waals surface area contributed by atoms with Gasteiger partial charge in [0, 0.05) is 23.5 Å². The Labute approximate surface area is 360 Å². The van der Waals surface area contributed by atoms with E-state index in [-0.39, 0.29) is 0 Å². The molecule has 3 nitrogen and oxygen atoms in total. The van der Waals surface area contributed by atoms with Gasteiger partial charge in [-0.05, 0) is 142 Å². The third-order valence-corrected chi connectivity index (χ3v) is 12.6. The summed E-state index contributed by atoms with van der Waals surface area (Å²) in [6.07, 6.45) is 10.3. The van der Waals surface area contributed by atoms with Gasteiger partial charge in [0.15, 0.2) is 5.82 Å². The molecule has 0 radical (unpaired) electrons. The minimum atomic E-state index is 0.695. The van der Waals surface area contributed by atoms with E-state index in [4.69, 9.17) is 9.97 Å². The topological polar surface area (TPSA) is 38.7 Å². The zero-order valence-electron chi connectivity index (χ0n) is 34.0. The van der Waals surface area contributed by atoms with Crippen molar-refractivity contribution < 1.29 is 0 Å². The molecule has 0 saturated heterocycles. The third kappa shape index (κ3) is 6.17. The number of fused-ring (bicyclic) bond motifs is 6. The average Bonchev–Trinajstić information content (AvgIpc) is 3.35. The zero-order chi connectivity index (χ0) is 41.0. The molecule has 0 saturated carbocycles. The molecule has 62 heavy (non-hydrogen) atoms. The molecular formula is C59H39N3. The maximum absolute atomic E-state index is 5.47. The van der Waals surface area contributed by atoms with Crippen molar-refractivity contribution in [3.05, 3.63) is 224 Å². The van der Waals surface area contributed by atoms with Gasteiger partial charge >= 0.3 is 0 Å². The van der Waals surface area contributed by atoms with Crippen LogP contribution in [0, 0.1) is 0 Å². The van der Waals surface area contributed by atoms with Gasteiger partial charge in [-0.3, -0.25) is 4.98 Å². The fraction of sp³-hybridized carbons (Fsp3) is 0.0339. The summed E-state index contributed by atoms with van der Waals surface area (Å²) >= 11 is 0. The molecule has 0 spiro atoms. The highest BCUT2D eigenvalue weighted by Gasteiger charge is 2.20. The minimum absolute atomic E-state index is 0.695. The molecule has 0 aliphatic heterocycles. The Kier molecular flexibility index (Phi) is 8.64. The molecule has 1 aliphatic carbocycles. The Bertz CT molecular complexity index is 3580. The molecule has 0 amide bonds. The summed E-state index contributed by atoms with van der Waals surface area (Å²) in [4.78, 5) is 15.3. The molecule has 11 aromatic rings. The van der Waals surface area contributed by atoms with Crippen molar-refractivity contribution in [3.8, 4) is 44.9 Å². The Morgan fingerprint density at radius 2 is 0.984 bits per heavy atom. The molecule has 0 atom stereocenters. The Morgan fingerprint density at radius 1 is 0.387 bits per heavy atom. The molecule has 12 rings (SSSR count). The van der Waals surface area contributed by atoms with Crippen LogP contribution in [0.15, 0.2) is 213 Å². The lowest BCUT2D eigenvalue weighted by molar-refractivity contribution is 1.05. The number of benzene rings is 9. The number of nitrogens with zero attached hydrogens (tertiary/aromatic N) is 3. The lowest BCUT2D eigenvalue weighted by Crippen LogP contribution is -2.01. The number of pyridine rings is 1. The van der Waals surface area contributed by atoms with E-state index in [1.54, 1.807) is 0 Å². The van der Waals surface area contributed by atoms with Crippen molar-refractivity contribution in [1.29, 1.82) is 0 Å². The van der Waals surface area contributed by atoms with E-state index >= 15 is 0 Å². The summed E-state index contributed by atoms with van der Waals surface area (Å²) in [6.45, 7) is 0. The third-order valence-electron chi connectivity index (χ3n) is 12.6. The Morgan fingerprint density at radius 3 is 1.71 bits per heavy atom. The standard InChI is InChI=1S/C59H39N3/c1-2-15-39-33-44(30-29-38(39)14-1)58-52-27-9-7-25-50(52)57(51-26-8-10-28-53(51)58)43-19-12-20-45(34-43)59-61-55(42-18-11-17-40(32-42)46-21-13-31-60-37-46)36-56(62-59)54-35-41-16-3-4-22-47(41)48-23-5-6-24-49(48)54/h1-10,12-16,18-37H,11,17H2. The van der Waals surface area contributed by atoms with Gasteiger partial charge in [0.1, 0.15) is 0 Å². The molecule has 3 heteroatoms. The van der Waals surface area contributed by atoms with E-state index < -0.39 is 0 Å². The molecule has 290 valence electrons. The van der Waals surface area contributed by atoms with Gasteiger partial charge in [0.2, 0.25) is 0 Å². The second-order valence-electron chi connectivity index (χ2n) is 16.2. The number of hydrogen-bond donors (Lipinski definition) is 0. The molecule has 9 aromatic carbocycles. The average molecular weight is 790 g/mol. The fourth-order valence-corrected chi connectivity index (χ4v) is 9.70. The Hall–Kier alpha value is -8.01. The lowest BCUT2D eigenvalue weighted by Gasteiger charge is -2.19. The van der Waals surface area contributed by atoms with E-state index in [0.717, 1.165) is 52.1 Å². The molecule has 1 aliphatic rings. The summed E-state index contributed by atoms with van der Waals surface area (Å²) < 4.78 is 0. The smallest absolute Gasteiger partial charge is 0.160 e. The summed E-state index contributed by atoms with van der Waals surface area (Å²) in [5.41, 5.74) is 12.2. The highest BCUT2D eigenvalue weighted by Crippen LogP contribution is 2.45. The maximum atomic E-state index is 5.47. The highest BCUT2D eigenvalue weighted by molar-refractivity contribution is 6.22. The van der Waals surface area contributed by atoms with Crippen LogP contribution >= 0.6 is 0 Å². The van der Waals surface area contributed by atoms with E-state index in [2.05, 4.69) is 199 Å². The van der Waals surface area contributed by atoms with Crippen LogP contribution < -0.4 is 0 Å². The monoisotopic (exact) mass is 789 g/mol. The largest absolute Gasteiger partial charge is 0.264 e. The minimum Gasteiger partial charge on any atom is -0.264 e. The van der Waals surface area contributed by atoms with Gasteiger partial charge in [0.25, 0.3) is 0 Å². The number of hydrogen-bond acceptors (Lipinski definition) is 3. The molecular weight excluding hydrogens is 751 g/mol. The van der Waals surface area contributed by atoms with Crippen LogP contribution in [-0.2, 0) is 0 Å². The molecule has 2 heterocycles. The normalized spacial score (nSPS) is 12.9. The first-order valence-corrected chi connectivity index (χ1v) is 21.4. The first kappa shape index (κ1) is 35.9. The van der Waals surface area contributed by atoms with Crippen LogP contribution in [0.25, 0.3) is 110 Å². The highest BCUT2D eigenvalue weighted by atomic mass is 14.9. The maximum Gasteiger partial charge on any atom is 0.160 e. The van der Waals surface area contributed by atoms with E-state index in [1.807, 2.05) is 18.5 Å². The van der Waals surface area contributed by atoms with Crippen LogP contribution in [0.1, 0.15) is 24.1 Å². The van der Waals surface area contributed by atoms with Crippen molar-refractivity contribution in [3.63, 3.8) is 0 Å². The van der Waals surface area contributed by atoms with Crippen LogP contribution in [0.4, 0.5) is 0 Å². The Balaban J connectivity index is 1.07. The lowest BCUT2D eigenvalue weighted by atomic mass is 9.85. The zero-order valence-corrected chi connectivity index (χ0v) is 34.0. The van der Waals surface area contributed by atoms with Crippen LogP contribution in [-0.4, -0.2) is 15.0 Å². The van der Waals surface area contributed by atoms with Crippen LogP contribution in [0.3, 0.4) is 0 Å². The first-order chi connectivity index (χ1) is 30.7. The van der Waals surface area contributed by atoms with Gasteiger partial charge in [-0.25, -0.2) is 9.97 Å². The van der Waals surface area contributed by atoms with Crippen molar-refractivity contribution in [2.75, 3.05) is 0 Å². The van der Waals surface area contributed by atoms with Crippen molar-refractivity contribution in [2.24, 2.45) is 0 Å². The molecule has 0 N–H and O–H groups in total. The van der Waals surface area contributed by atoms with E-state index in [0.29, 0.717) is 5.82 Å². The van der Waals surface area contributed by atoms with Gasteiger partial charge in [0.05, 0.1) is 11.4 Å². The predicted molar refractivity (Wildman–Crippen MR) is 261 cm³/mol. The number of aromatic nitrogens is 3. The summed E-state index contributed by atoms with van der Waals surface area (Å²) in [7, 11) is 0. The van der Waals surface area contributed by atoms with Crippen LogP contribution in [0.2, 0.25) is 0 Å². The molecule has 0 unspecified atom stereocenters. The van der Waals surface area contributed by atoms with Crippen molar-refractivity contribution >= 4 is 65.0 Å². The quantitative estimate of drug-likeness (QED) is 0.124. The van der Waals surface area contributed by atoms with Crippen molar-refractivity contribution in [2.45, 2.75) is 12.8 Å². The molecule has 0 fully saturated rings. The van der Waals surface area contributed by atoms with Gasteiger partial charge in [-0.1, -0.05) is 164 Å².